The molecule has 0 radical (unpaired) electrons. The highest BCUT2D eigenvalue weighted by Crippen LogP contribution is 2.41. The van der Waals surface area contributed by atoms with Crippen LogP contribution in [0, 0.1) is 5.92 Å². The second kappa shape index (κ2) is 6.36. The minimum Gasteiger partial charge on any atom is -0.377 e. The van der Waals surface area contributed by atoms with Crippen LogP contribution in [0.1, 0.15) is 58.8 Å². The van der Waals surface area contributed by atoms with Crippen molar-refractivity contribution in [2.45, 2.75) is 76.5 Å². The molecule has 2 unspecified atom stereocenters. The molecule has 1 heterocycles. The zero-order valence-corrected chi connectivity index (χ0v) is 12.0. The van der Waals surface area contributed by atoms with Gasteiger partial charge in [0.15, 0.2) is 0 Å². The summed E-state index contributed by atoms with van der Waals surface area (Å²) in [4.78, 5) is 0. The molecule has 3 heteroatoms. The molecule has 0 amide bonds. The molecule has 0 aromatic carbocycles. The maximum Gasteiger partial charge on any atom is 0.0685 e. The van der Waals surface area contributed by atoms with Crippen molar-refractivity contribution in [3.63, 3.8) is 0 Å². The number of hydrogen-bond acceptors (Lipinski definition) is 3. The van der Waals surface area contributed by atoms with E-state index in [0.717, 1.165) is 19.4 Å². The summed E-state index contributed by atoms with van der Waals surface area (Å²) in [7, 11) is 0. The van der Waals surface area contributed by atoms with Crippen LogP contribution in [0.5, 0.6) is 0 Å². The Balaban J connectivity index is 1.85. The molecule has 2 atom stereocenters. The van der Waals surface area contributed by atoms with E-state index in [1.165, 1.54) is 32.1 Å². The average Bonchev–Trinajstić information content (AvgIpc) is 2.37. The van der Waals surface area contributed by atoms with Crippen molar-refractivity contribution >= 4 is 0 Å². The van der Waals surface area contributed by atoms with Crippen LogP contribution < -0.4 is 5.73 Å². The summed E-state index contributed by atoms with van der Waals surface area (Å²) in [5.41, 5.74) is 6.47. The van der Waals surface area contributed by atoms with Gasteiger partial charge in [0.25, 0.3) is 0 Å². The third kappa shape index (κ3) is 3.69. The van der Waals surface area contributed by atoms with Crippen LogP contribution in [-0.4, -0.2) is 31.0 Å². The normalized spacial score (nSPS) is 29.7. The predicted molar refractivity (Wildman–Crippen MR) is 73.6 cm³/mol. The monoisotopic (exact) mass is 255 g/mol. The van der Waals surface area contributed by atoms with E-state index >= 15 is 0 Å². The van der Waals surface area contributed by atoms with E-state index in [1.807, 2.05) is 0 Å². The Hall–Kier alpha value is -0.120. The summed E-state index contributed by atoms with van der Waals surface area (Å²) >= 11 is 0. The minimum absolute atomic E-state index is 0.163. The van der Waals surface area contributed by atoms with Gasteiger partial charge in [0.2, 0.25) is 0 Å². The zero-order chi connectivity index (χ0) is 13.0. The van der Waals surface area contributed by atoms with Crippen molar-refractivity contribution in [1.29, 1.82) is 0 Å². The van der Waals surface area contributed by atoms with Gasteiger partial charge in [-0.3, -0.25) is 0 Å². The van der Waals surface area contributed by atoms with Crippen molar-refractivity contribution in [3.8, 4) is 0 Å². The van der Waals surface area contributed by atoms with E-state index in [2.05, 4.69) is 13.8 Å². The van der Waals surface area contributed by atoms with Crippen LogP contribution >= 0.6 is 0 Å². The molecule has 2 rings (SSSR count). The maximum absolute atomic E-state index is 6.31. The molecule has 1 aliphatic heterocycles. The standard InChI is InChI=1S/C15H29NO2/c1-12(2)17-11-14(16)13-6-9-18-15(10-13)7-4-3-5-8-15/h12-14H,3-11,16H2,1-2H3. The van der Waals surface area contributed by atoms with Gasteiger partial charge in [-0.1, -0.05) is 19.3 Å². The first-order chi connectivity index (χ1) is 8.61. The minimum atomic E-state index is 0.163. The van der Waals surface area contributed by atoms with Crippen LogP contribution in [0.15, 0.2) is 0 Å². The molecule has 3 nitrogen and oxygen atoms in total. The molecule has 1 aliphatic carbocycles. The first-order valence-corrected chi connectivity index (χ1v) is 7.62. The van der Waals surface area contributed by atoms with Gasteiger partial charge in [0, 0.05) is 12.6 Å². The molecule has 2 aliphatic rings. The number of rotatable bonds is 4. The van der Waals surface area contributed by atoms with Gasteiger partial charge < -0.3 is 15.2 Å². The van der Waals surface area contributed by atoms with Crippen LogP contribution in [-0.2, 0) is 9.47 Å². The fourth-order valence-corrected chi connectivity index (χ4v) is 3.42. The Labute approximate surface area is 111 Å². The van der Waals surface area contributed by atoms with Gasteiger partial charge in [-0.05, 0) is 45.4 Å². The van der Waals surface area contributed by atoms with Gasteiger partial charge in [-0.15, -0.1) is 0 Å². The number of nitrogens with two attached hydrogens (primary N) is 1. The first-order valence-electron chi connectivity index (χ1n) is 7.62. The largest absolute Gasteiger partial charge is 0.377 e. The molecule has 1 saturated carbocycles. The highest BCUT2D eigenvalue weighted by molar-refractivity contribution is 4.92. The van der Waals surface area contributed by atoms with E-state index in [4.69, 9.17) is 15.2 Å². The topological polar surface area (TPSA) is 44.5 Å². The molecule has 106 valence electrons. The molecule has 1 spiro atoms. The Morgan fingerprint density at radius 1 is 1.28 bits per heavy atom. The van der Waals surface area contributed by atoms with Gasteiger partial charge in [-0.25, -0.2) is 0 Å². The second-order valence-electron chi connectivity index (χ2n) is 6.39. The molecular formula is C15H29NO2. The fraction of sp³-hybridized carbons (Fsp3) is 1.00. The SMILES string of the molecule is CC(C)OCC(N)C1CCOC2(CCCCC2)C1. The summed E-state index contributed by atoms with van der Waals surface area (Å²) in [6, 6.07) is 0.176. The Morgan fingerprint density at radius 3 is 2.67 bits per heavy atom. The Morgan fingerprint density at radius 2 is 2.00 bits per heavy atom. The fourth-order valence-electron chi connectivity index (χ4n) is 3.42. The average molecular weight is 255 g/mol. The molecule has 0 aromatic rings. The summed E-state index contributed by atoms with van der Waals surface area (Å²) in [5, 5.41) is 0. The summed E-state index contributed by atoms with van der Waals surface area (Å²) in [5.74, 6) is 0.579. The lowest BCUT2D eigenvalue weighted by Gasteiger charge is -2.45. The van der Waals surface area contributed by atoms with E-state index in [1.54, 1.807) is 0 Å². The van der Waals surface area contributed by atoms with Crippen molar-refractivity contribution in [3.05, 3.63) is 0 Å². The summed E-state index contributed by atoms with van der Waals surface area (Å²) < 4.78 is 11.8. The quantitative estimate of drug-likeness (QED) is 0.840. The molecule has 2 fully saturated rings. The molecule has 1 saturated heterocycles. The highest BCUT2D eigenvalue weighted by atomic mass is 16.5. The Bertz CT molecular complexity index is 243. The third-order valence-electron chi connectivity index (χ3n) is 4.52. The third-order valence-corrected chi connectivity index (χ3v) is 4.52. The van der Waals surface area contributed by atoms with Crippen LogP contribution in [0.4, 0.5) is 0 Å². The van der Waals surface area contributed by atoms with Crippen molar-refractivity contribution < 1.29 is 9.47 Å². The zero-order valence-electron chi connectivity index (χ0n) is 12.0. The lowest BCUT2D eigenvalue weighted by molar-refractivity contribution is -0.123. The highest BCUT2D eigenvalue weighted by Gasteiger charge is 2.40. The molecule has 2 N–H and O–H groups in total. The van der Waals surface area contributed by atoms with E-state index < -0.39 is 0 Å². The van der Waals surface area contributed by atoms with Crippen LogP contribution in [0.25, 0.3) is 0 Å². The maximum atomic E-state index is 6.31. The summed E-state index contributed by atoms with van der Waals surface area (Å²) in [6.07, 6.45) is 9.02. The van der Waals surface area contributed by atoms with Gasteiger partial charge in [0.05, 0.1) is 18.3 Å². The Kier molecular flexibility index (Phi) is 5.05. The van der Waals surface area contributed by atoms with Gasteiger partial charge in [0.1, 0.15) is 0 Å². The van der Waals surface area contributed by atoms with Crippen molar-refractivity contribution in [2.75, 3.05) is 13.2 Å². The molecule has 0 aromatic heterocycles. The molecule has 18 heavy (non-hydrogen) atoms. The second-order valence-corrected chi connectivity index (χ2v) is 6.39. The number of ether oxygens (including phenoxy) is 2. The predicted octanol–water partition coefficient (Wildman–Crippen LogP) is 2.87. The molecule has 0 bridgehead atoms. The summed E-state index contributed by atoms with van der Waals surface area (Å²) in [6.45, 7) is 5.72. The molecular weight excluding hydrogens is 226 g/mol. The van der Waals surface area contributed by atoms with Gasteiger partial charge in [-0.2, -0.15) is 0 Å². The lowest BCUT2D eigenvalue weighted by atomic mass is 9.74. The first kappa shape index (κ1) is 14.3. The van der Waals surface area contributed by atoms with Crippen LogP contribution in [0.3, 0.4) is 0 Å². The van der Waals surface area contributed by atoms with Crippen molar-refractivity contribution in [1.82, 2.24) is 0 Å². The van der Waals surface area contributed by atoms with Crippen molar-refractivity contribution in [2.24, 2.45) is 11.7 Å². The number of hydrogen-bond donors (Lipinski definition) is 1. The van der Waals surface area contributed by atoms with Gasteiger partial charge >= 0.3 is 0 Å². The lowest BCUT2D eigenvalue weighted by Crippen LogP contribution is -2.47. The van der Waals surface area contributed by atoms with Crippen LogP contribution in [0.2, 0.25) is 0 Å². The van der Waals surface area contributed by atoms with E-state index in [0.29, 0.717) is 12.5 Å². The smallest absolute Gasteiger partial charge is 0.0685 e. The van der Waals surface area contributed by atoms with E-state index in [9.17, 15) is 0 Å². The van der Waals surface area contributed by atoms with E-state index in [-0.39, 0.29) is 17.7 Å².